The highest BCUT2D eigenvalue weighted by Crippen LogP contribution is 2.17. The molecule has 1 N–H and O–H groups in total. The molecule has 2 aromatic rings. The average Bonchev–Trinajstić information content (AvgIpc) is 2.41. The Kier molecular flexibility index (Phi) is 3.92. The van der Waals surface area contributed by atoms with Crippen LogP contribution < -0.4 is 5.32 Å². The third-order valence-corrected chi connectivity index (χ3v) is 2.87. The molecule has 94 valence electrons. The highest BCUT2D eigenvalue weighted by molar-refractivity contribution is 5.45. The van der Waals surface area contributed by atoms with Crippen molar-refractivity contribution in [2.24, 2.45) is 0 Å². The standard InChI is InChI=1S/C15H15F2N/c1-2-11-6-8-12(9-7-11)10-18-14-5-3-4-13(16)15(14)17/h3-9,18H,2,10H2,1H3. The van der Waals surface area contributed by atoms with Crippen molar-refractivity contribution in [1.82, 2.24) is 0 Å². The molecular formula is C15H15F2N. The lowest BCUT2D eigenvalue weighted by Crippen LogP contribution is -2.02. The predicted molar refractivity (Wildman–Crippen MR) is 69.5 cm³/mol. The van der Waals surface area contributed by atoms with E-state index < -0.39 is 11.6 Å². The molecule has 0 saturated carbocycles. The maximum Gasteiger partial charge on any atom is 0.181 e. The first-order valence-electron chi connectivity index (χ1n) is 5.96. The van der Waals surface area contributed by atoms with E-state index in [4.69, 9.17) is 0 Å². The zero-order chi connectivity index (χ0) is 13.0. The van der Waals surface area contributed by atoms with Gasteiger partial charge in [-0.15, -0.1) is 0 Å². The van der Waals surface area contributed by atoms with Gasteiger partial charge in [0.1, 0.15) is 0 Å². The zero-order valence-corrected chi connectivity index (χ0v) is 10.2. The lowest BCUT2D eigenvalue weighted by atomic mass is 10.1. The predicted octanol–water partition coefficient (Wildman–Crippen LogP) is 4.14. The van der Waals surface area contributed by atoms with E-state index in [1.165, 1.54) is 17.7 Å². The zero-order valence-electron chi connectivity index (χ0n) is 10.2. The Bertz CT molecular complexity index is 521. The molecule has 2 rings (SSSR count). The van der Waals surface area contributed by atoms with Crippen LogP contribution in [0, 0.1) is 11.6 Å². The Balaban J connectivity index is 2.04. The molecule has 0 amide bonds. The Morgan fingerprint density at radius 2 is 1.61 bits per heavy atom. The number of benzene rings is 2. The van der Waals surface area contributed by atoms with Gasteiger partial charge in [0, 0.05) is 6.54 Å². The van der Waals surface area contributed by atoms with Gasteiger partial charge in [0.05, 0.1) is 5.69 Å². The van der Waals surface area contributed by atoms with Crippen LogP contribution in [-0.4, -0.2) is 0 Å². The van der Waals surface area contributed by atoms with Crippen LogP contribution in [-0.2, 0) is 13.0 Å². The summed E-state index contributed by atoms with van der Waals surface area (Å²) < 4.78 is 26.4. The molecule has 0 bridgehead atoms. The molecule has 2 aromatic carbocycles. The van der Waals surface area contributed by atoms with E-state index in [2.05, 4.69) is 12.2 Å². The molecule has 0 radical (unpaired) electrons. The summed E-state index contributed by atoms with van der Waals surface area (Å²) in [6, 6.07) is 12.2. The lowest BCUT2D eigenvalue weighted by molar-refractivity contribution is 0.511. The molecule has 0 saturated heterocycles. The summed E-state index contributed by atoms with van der Waals surface area (Å²) >= 11 is 0. The minimum absolute atomic E-state index is 0.189. The molecule has 0 atom stereocenters. The number of hydrogen-bond acceptors (Lipinski definition) is 1. The number of anilines is 1. The Hall–Kier alpha value is -1.90. The first-order valence-corrected chi connectivity index (χ1v) is 5.96. The highest BCUT2D eigenvalue weighted by Gasteiger charge is 2.06. The third kappa shape index (κ3) is 2.86. The minimum atomic E-state index is -0.832. The van der Waals surface area contributed by atoms with Crippen LogP contribution in [0.1, 0.15) is 18.1 Å². The van der Waals surface area contributed by atoms with Crippen molar-refractivity contribution < 1.29 is 8.78 Å². The van der Waals surface area contributed by atoms with Crippen molar-refractivity contribution in [3.8, 4) is 0 Å². The molecule has 18 heavy (non-hydrogen) atoms. The van der Waals surface area contributed by atoms with Crippen LogP contribution in [0.3, 0.4) is 0 Å². The van der Waals surface area contributed by atoms with Crippen LogP contribution in [0.4, 0.5) is 14.5 Å². The monoisotopic (exact) mass is 247 g/mol. The van der Waals surface area contributed by atoms with Crippen molar-refractivity contribution >= 4 is 5.69 Å². The molecule has 0 heterocycles. The van der Waals surface area contributed by atoms with Crippen LogP contribution in [0.15, 0.2) is 42.5 Å². The first-order chi connectivity index (χ1) is 8.70. The average molecular weight is 247 g/mol. The molecule has 0 aromatic heterocycles. The summed E-state index contributed by atoms with van der Waals surface area (Å²) in [4.78, 5) is 0. The van der Waals surface area contributed by atoms with Crippen molar-refractivity contribution in [1.29, 1.82) is 0 Å². The van der Waals surface area contributed by atoms with Gasteiger partial charge < -0.3 is 5.32 Å². The van der Waals surface area contributed by atoms with Gasteiger partial charge in [0.2, 0.25) is 0 Å². The maximum atomic E-state index is 13.4. The van der Waals surface area contributed by atoms with E-state index in [1.54, 1.807) is 0 Å². The fourth-order valence-corrected chi connectivity index (χ4v) is 1.73. The number of nitrogens with one attached hydrogen (secondary N) is 1. The fraction of sp³-hybridized carbons (Fsp3) is 0.200. The van der Waals surface area contributed by atoms with E-state index >= 15 is 0 Å². The van der Waals surface area contributed by atoms with E-state index in [-0.39, 0.29) is 5.69 Å². The number of rotatable bonds is 4. The second-order valence-electron chi connectivity index (χ2n) is 4.12. The molecule has 1 nitrogen and oxygen atoms in total. The molecule has 0 aliphatic rings. The molecule has 0 unspecified atom stereocenters. The SMILES string of the molecule is CCc1ccc(CNc2cccc(F)c2F)cc1. The summed E-state index contributed by atoms with van der Waals surface area (Å²) in [5, 5.41) is 2.89. The summed E-state index contributed by atoms with van der Waals surface area (Å²) in [6.07, 6.45) is 0.992. The van der Waals surface area contributed by atoms with E-state index in [0.717, 1.165) is 18.1 Å². The van der Waals surface area contributed by atoms with Crippen molar-refractivity contribution in [3.63, 3.8) is 0 Å². The Labute approximate surface area is 105 Å². The second kappa shape index (κ2) is 5.63. The molecular weight excluding hydrogens is 232 g/mol. The van der Waals surface area contributed by atoms with Gasteiger partial charge in [-0.3, -0.25) is 0 Å². The van der Waals surface area contributed by atoms with Gasteiger partial charge in [-0.1, -0.05) is 37.3 Å². The molecule has 0 aliphatic carbocycles. The lowest BCUT2D eigenvalue weighted by Gasteiger charge is -2.08. The minimum Gasteiger partial charge on any atom is -0.379 e. The molecule has 0 fully saturated rings. The van der Waals surface area contributed by atoms with Gasteiger partial charge in [0.15, 0.2) is 11.6 Å². The van der Waals surface area contributed by atoms with Crippen molar-refractivity contribution in [3.05, 3.63) is 65.2 Å². The summed E-state index contributed by atoms with van der Waals surface area (Å²) in [5.74, 6) is -1.66. The van der Waals surface area contributed by atoms with Crippen LogP contribution in [0.2, 0.25) is 0 Å². The summed E-state index contributed by atoms with van der Waals surface area (Å²) in [6.45, 7) is 2.57. The summed E-state index contributed by atoms with van der Waals surface area (Å²) in [7, 11) is 0. The first kappa shape index (κ1) is 12.6. The topological polar surface area (TPSA) is 12.0 Å². The third-order valence-electron chi connectivity index (χ3n) is 2.87. The van der Waals surface area contributed by atoms with Crippen LogP contribution in [0.25, 0.3) is 0 Å². The van der Waals surface area contributed by atoms with Crippen LogP contribution >= 0.6 is 0 Å². The van der Waals surface area contributed by atoms with Gasteiger partial charge in [0.25, 0.3) is 0 Å². The van der Waals surface area contributed by atoms with Gasteiger partial charge >= 0.3 is 0 Å². The summed E-state index contributed by atoms with van der Waals surface area (Å²) in [5.41, 5.74) is 2.49. The number of halogens is 2. The molecule has 0 aliphatic heterocycles. The van der Waals surface area contributed by atoms with E-state index in [1.807, 2.05) is 24.3 Å². The number of hydrogen-bond donors (Lipinski definition) is 1. The van der Waals surface area contributed by atoms with Gasteiger partial charge in [-0.05, 0) is 29.7 Å². The van der Waals surface area contributed by atoms with Crippen molar-refractivity contribution in [2.45, 2.75) is 19.9 Å². The fourth-order valence-electron chi connectivity index (χ4n) is 1.73. The van der Waals surface area contributed by atoms with Crippen molar-refractivity contribution in [2.75, 3.05) is 5.32 Å². The Morgan fingerprint density at radius 3 is 2.28 bits per heavy atom. The quantitative estimate of drug-likeness (QED) is 0.856. The van der Waals surface area contributed by atoms with E-state index in [9.17, 15) is 8.78 Å². The smallest absolute Gasteiger partial charge is 0.181 e. The van der Waals surface area contributed by atoms with Gasteiger partial charge in [-0.2, -0.15) is 0 Å². The second-order valence-corrected chi connectivity index (χ2v) is 4.12. The van der Waals surface area contributed by atoms with Gasteiger partial charge in [-0.25, -0.2) is 8.78 Å². The number of aryl methyl sites for hydroxylation is 1. The maximum absolute atomic E-state index is 13.4. The van der Waals surface area contributed by atoms with Crippen LogP contribution in [0.5, 0.6) is 0 Å². The Morgan fingerprint density at radius 1 is 0.944 bits per heavy atom. The molecule has 0 spiro atoms. The van der Waals surface area contributed by atoms with E-state index in [0.29, 0.717) is 6.54 Å². The molecule has 3 heteroatoms. The highest BCUT2D eigenvalue weighted by atomic mass is 19.2. The normalized spacial score (nSPS) is 10.4. The largest absolute Gasteiger partial charge is 0.379 e.